The molecule has 0 amide bonds. The molecule has 0 radical (unpaired) electrons. The lowest BCUT2D eigenvalue weighted by molar-refractivity contribution is 0.428. The third-order valence-corrected chi connectivity index (χ3v) is 3.06. The molecule has 1 fully saturated rings. The van der Waals surface area contributed by atoms with Crippen LogP contribution in [0.1, 0.15) is 31.4 Å². The molecule has 0 atom stereocenters. The van der Waals surface area contributed by atoms with Crippen molar-refractivity contribution in [2.75, 3.05) is 13.1 Å². The zero-order chi connectivity index (χ0) is 11.9. The normalized spacial score (nSPS) is 17.9. The molecule has 2 N–H and O–H groups in total. The van der Waals surface area contributed by atoms with Crippen LogP contribution < -0.4 is 5.73 Å². The largest absolute Gasteiger partial charge is 0.370 e. The van der Waals surface area contributed by atoms with Crippen LogP contribution in [0.3, 0.4) is 0 Å². The molecule has 0 spiro atoms. The highest BCUT2D eigenvalue weighted by atomic mass is 15.2. The molecular formula is C13H20N4. The molecule has 1 aromatic rings. The summed E-state index contributed by atoms with van der Waals surface area (Å²) in [6.45, 7) is 2.65. The van der Waals surface area contributed by atoms with E-state index in [1.807, 2.05) is 18.2 Å². The minimum absolute atomic E-state index is 0.573. The van der Waals surface area contributed by atoms with Gasteiger partial charge >= 0.3 is 0 Å². The van der Waals surface area contributed by atoms with Crippen molar-refractivity contribution in [3.63, 3.8) is 0 Å². The predicted octanol–water partition coefficient (Wildman–Crippen LogP) is 1.77. The Balaban J connectivity index is 1.91. The summed E-state index contributed by atoms with van der Waals surface area (Å²) in [7, 11) is 0. The Bertz CT molecular complexity index is 353. The molecule has 1 aliphatic rings. The Labute approximate surface area is 103 Å². The van der Waals surface area contributed by atoms with E-state index in [1.165, 1.54) is 25.7 Å². The van der Waals surface area contributed by atoms with Crippen molar-refractivity contribution in [1.82, 2.24) is 9.88 Å². The van der Waals surface area contributed by atoms with E-state index < -0.39 is 0 Å². The number of nitrogens with two attached hydrogens (primary N) is 1. The highest BCUT2D eigenvalue weighted by Crippen LogP contribution is 2.09. The molecule has 92 valence electrons. The number of pyridine rings is 1. The maximum Gasteiger partial charge on any atom is 0.191 e. The van der Waals surface area contributed by atoms with Crippen LogP contribution >= 0.6 is 0 Å². The molecule has 1 aromatic heterocycles. The molecular weight excluding hydrogens is 212 g/mol. The zero-order valence-corrected chi connectivity index (χ0v) is 10.2. The molecule has 4 nitrogen and oxygen atoms in total. The summed E-state index contributed by atoms with van der Waals surface area (Å²) in [5.41, 5.74) is 6.98. The summed E-state index contributed by atoms with van der Waals surface area (Å²) in [6.07, 6.45) is 6.85. The maximum atomic E-state index is 6.01. The van der Waals surface area contributed by atoms with Crippen molar-refractivity contribution >= 4 is 5.96 Å². The minimum Gasteiger partial charge on any atom is -0.370 e. The Morgan fingerprint density at radius 3 is 2.65 bits per heavy atom. The maximum absolute atomic E-state index is 6.01. The van der Waals surface area contributed by atoms with Gasteiger partial charge in [0.1, 0.15) is 0 Å². The van der Waals surface area contributed by atoms with E-state index >= 15 is 0 Å². The van der Waals surface area contributed by atoms with Crippen molar-refractivity contribution < 1.29 is 0 Å². The number of aromatic nitrogens is 1. The molecule has 0 aliphatic carbocycles. The SMILES string of the molecule is NC(=NCc1ccccn1)N1CCCCCC1. The van der Waals surface area contributed by atoms with Crippen LogP contribution in [-0.4, -0.2) is 28.9 Å². The van der Waals surface area contributed by atoms with Gasteiger partial charge < -0.3 is 10.6 Å². The third kappa shape index (κ3) is 3.73. The van der Waals surface area contributed by atoms with Crippen molar-refractivity contribution in [2.24, 2.45) is 10.7 Å². The lowest BCUT2D eigenvalue weighted by atomic mass is 10.2. The van der Waals surface area contributed by atoms with Crippen molar-refractivity contribution in [2.45, 2.75) is 32.2 Å². The quantitative estimate of drug-likeness (QED) is 0.624. The molecule has 17 heavy (non-hydrogen) atoms. The smallest absolute Gasteiger partial charge is 0.191 e. The number of guanidine groups is 1. The molecule has 2 heterocycles. The van der Waals surface area contributed by atoms with E-state index in [4.69, 9.17) is 5.73 Å². The van der Waals surface area contributed by atoms with Crippen LogP contribution in [0, 0.1) is 0 Å². The zero-order valence-electron chi connectivity index (χ0n) is 10.2. The monoisotopic (exact) mass is 232 g/mol. The first-order valence-corrected chi connectivity index (χ1v) is 6.31. The molecule has 1 saturated heterocycles. The Morgan fingerprint density at radius 2 is 2.00 bits per heavy atom. The van der Waals surface area contributed by atoms with Gasteiger partial charge in [-0.05, 0) is 25.0 Å². The molecule has 0 bridgehead atoms. The number of rotatable bonds is 2. The first kappa shape index (κ1) is 11.9. The lowest BCUT2D eigenvalue weighted by Crippen LogP contribution is -2.38. The fourth-order valence-corrected chi connectivity index (χ4v) is 2.05. The summed E-state index contributed by atoms with van der Waals surface area (Å²) in [4.78, 5) is 10.8. The van der Waals surface area contributed by atoms with Gasteiger partial charge in [-0.25, -0.2) is 4.99 Å². The summed E-state index contributed by atoms with van der Waals surface area (Å²) < 4.78 is 0. The summed E-state index contributed by atoms with van der Waals surface area (Å²) >= 11 is 0. The Morgan fingerprint density at radius 1 is 1.24 bits per heavy atom. The van der Waals surface area contributed by atoms with Gasteiger partial charge in [0, 0.05) is 19.3 Å². The molecule has 0 unspecified atom stereocenters. The van der Waals surface area contributed by atoms with Crippen LogP contribution in [0.4, 0.5) is 0 Å². The minimum atomic E-state index is 0.573. The van der Waals surface area contributed by atoms with E-state index in [9.17, 15) is 0 Å². The average Bonchev–Trinajstić information content (AvgIpc) is 2.66. The van der Waals surface area contributed by atoms with Gasteiger partial charge in [0.25, 0.3) is 0 Å². The Hall–Kier alpha value is -1.58. The summed E-state index contributed by atoms with van der Waals surface area (Å²) in [5.74, 6) is 0.664. The molecule has 2 rings (SSSR count). The topological polar surface area (TPSA) is 54.5 Å². The van der Waals surface area contributed by atoms with Gasteiger partial charge in [-0.1, -0.05) is 18.9 Å². The number of hydrogen-bond acceptors (Lipinski definition) is 2. The second-order valence-electron chi connectivity index (χ2n) is 4.40. The molecule has 1 aliphatic heterocycles. The van der Waals surface area contributed by atoms with Crippen LogP contribution in [0.15, 0.2) is 29.4 Å². The van der Waals surface area contributed by atoms with Crippen LogP contribution in [0.5, 0.6) is 0 Å². The average molecular weight is 232 g/mol. The Kier molecular flexibility index (Phi) is 4.36. The van der Waals surface area contributed by atoms with E-state index in [2.05, 4.69) is 14.9 Å². The van der Waals surface area contributed by atoms with Gasteiger partial charge in [0.15, 0.2) is 5.96 Å². The highest BCUT2D eigenvalue weighted by Gasteiger charge is 2.10. The van der Waals surface area contributed by atoms with Gasteiger partial charge in [-0.2, -0.15) is 0 Å². The second kappa shape index (κ2) is 6.23. The number of nitrogens with zero attached hydrogens (tertiary/aromatic N) is 3. The predicted molar refractivity (Wildman–Crippen MR) is 69.6 cm³/mol. The van der Waals surface area contributed by atoms with Crippen LogP contribution in [0.25, 0.3) is 0 Å². The molecule has 0 saturated carbocycles. The van der Waals surface area contributed by atoms with Gasteiger partial charge in [0.2, 0.25) is 0 Å². The van der Waals surface area contributed by atoms with Gasteiger partial charge in [0.05, 0.1) is 12.2 Å². The van der Waals surface area contributed by atoms with Crippen molar-refractivity contribution in [3.05, 3.63) is 30.1 Å². The van der Waals surface area contributed by atoms with E-state index in [-0.39, 0.29) is 0 Å². The van der Waals surface area contributed by atoms with E-state index in [1.54, 1.807) is 6.20 Å². The summed E-state index contributed by atoms with van der Waals surface area (Å²) in [6, 6.07) is 5.85. The van der Waals surface area contributed by atoms with Gasteiger partial charge in [-0.15, -0.1) is 0 Å². The molecule has 0 aromatic carbocycles. The number of hydrogen-bond donors (Lipinski definition) is 1. The fraction of sp³-hybridized carbons (Fsp3) is 0.538. The third-order valence-electron chi connectivity index (χ3n) is 3.06. The van der Waals surface area contributed by atoms with E-state index in [0.29, 0.717) is 12.5 Å². The number of likely N-dealkylation sites (tertiary alicyclic amines) is 1. The first-order valence-electron chi connectivity index (χ1n) is 6.31. The van der Waals surface area contributed by atoms with Crippen molar-refractivity contribution in [3.8, 4) is 0 Å². The first-order chi connectivity index (χ1) is 8.36. The van der Waals surface area contributed by atoms with E-state index in [0.717, 1.165) is 18.8 Å². The van der Waals surface area contributed by atoms with Crippen molar-refractivity contribution in [1.29, 1.82) is 0 Å². The fourth-order valence-electron chi connectivity index (χ4n) is 2.05. The van der Waals surface area contributed by atoms with Crippen LogP contribution in [0.2, 0.25) is 0 Å². The standard InChI is InChI=1S/C13H20N4/c14-13(17-9-5-1-2-6-10-17)16-11-12-7-3-4-8-15-12/h3-4,7-8H,1-2,5-6,9-11H2,(H2,14,16). The lowest BCUT2D eigenvalue weighted by Gasteiger charge is -2.20. The van der Waals surface area contributed by atoms with Gasteiger partial charge in [-0.3, -0.25) is 4.98 Å². The second-order valence-corrected chi connectivity index (χ2v) is 4.40. The molecule has 4 heteroatoms. The highest BCUT2D eigenvalue weighted by molar-refractivity contribution is 5.78. The number of aliphatic imine (C=N–C) groups is 1. The summed E-state index contributed by atoms with van der Waals surface area (Å²) in [5, 5.41) is 0. The van der Waals surface area contributed by atoms with Crippen LogP contribution in [-0.2, 0) is 6.54 Å².